The molecule has 3 rings (SSSR count). The van der Waals surface area contributed by atoms with Gasteiger partial charge in [-0.1, -0.05) is 36.8 Å². The van der Waals surface area contributed by atoms with Crippen molar-refractivity contribution in [2.24, 2.45) is 5.41 Å². The van der Waals surface area contributed by atoms with Gasteiger partial charge in [-0.3, -0.25) is 14.4 Å². The molecular weight excluding hydrogens is 308 g/mol. The summed E-state index contributed by atoms with van der Waals surface area (Å²) in [5.74, 6) is -1.08. The van der Waals surface area contributed by atoms with E-state index >= 15 is 0 Å². The maximum atomic E-state index is 12.4. The zero-order valence-electron chi connectivity index (χ0n) is 13.5. The van der Waals surface area contributed by atoms with Crippen molar-refractivity contribution in [3.63, 3.8) is 0 Å². The molecule has 0 unspecified atom stereocenters. The van der Waals surface area contributed by atoms with Gasteiger partial charge in [0.15, 0.2) is 0 Å². The lowest BCUT2D eigenvalue weighted by molar-refractivity contribution is -0.153. The van der Waals surface area contributed by atoms with Gasteiger partial charge in [0, 0.05) is 6.04 Å². The summed E-state index contributed by atoms with van der Waals surface area (Å²) in [5, 5.41) is 5.46. The molecule has 6 heteroatoms. The van der Waals surface area contributed by atoms with E-state index < -0.39 is 11.4 Å². The van der Waals surface area contributed by atoms with E-state index in [2.05, 4.69) is 10.6 Å². The van der Waals surface area contributed by atoms with Crippen LogP contribution in [0.2, 0.25) is 0 Å². The Bertz CT molecular complexity index is 621. The molecule has 1 aromatic rings. The Morgan fingerprint density at radius 2 is 1.79 bits per heavy atom. The minimum Gasteiger partial charge on any atom is -0.460 e. The number of ether oxygens (including phenoxy) is 1. The Labute approximate surface area is 140 Å². The maximum Gasteiger partial charge on any atom is 0.325 e. The minimum atomic E-state index is -0.998. The molecule has 128 valence electrons. The van der Waals surface area contributed by atoms with Crippen LogP contribution in [0, 0.1) is 5.41 Å². The molecule has 0 bridgehead atoms. The largest absolute Gasteiger partial charge is 0.460 e. The first-order chi connectivity index (χ1) is 11.6. The molecule has 0 atom stereocenters. The number of nitrogens with one attached hydrogen (secondary N) is 2. The number of benzene rings is 1. The molecule has 24 heavy (non-hydrogen) atoms. The predicted molar refractivity (Wildman–Crippen MR) is 86.7 cm³/mol. The van der Waals surface area contributed by atoms with E-state index in [0.29, 0.717) is 12.8 Å². The van der Waals surface area contributed by atoms with Gasteiger partial charge in [0.1, 0.15) is 18.6 Å². The van der Waals surface area contributed by atoms with Crippen LogP contribution in [-0.4, -0.2) is 30.4 Å². The first-order valence-electron chi connectivity index (χ1n) is 8.39. The summed E-state index contributed by atoms with van der Waals surface area (Å²) in [5.41, 5.74) is -0.112. The number of hydrogen-bond donors (Lipinski definition) is 2. The molecule has 2 saturated carbocycles. The Balaban J connectivity index is 1.45. The Morgan fingerprint density at radius 1 is 1.08 bits per heavy atom. The standard InChI is InChI=1S/C18H22N2O4/c21-15(24-12-13-5-2-1-3-6-13)11-19-16(22)18(9-4-10-18)17(23)20-14-7-8-14/h1-3,5-6,14H,4,7-12H2,(H,19,22)(H,20,23). The van der Waals surface area contributed by atoms with E-state index in [1.165, 1.54) is 0 Å². The number of rotatable bonds is 7. The molecule has 0 aromatic heterocycles. The lowest BCUT2D eigenvalue weighted by Gasteiger charge is -2.38. The second-order valence-corrected chi connectivity index (χ2v) is 6.51. The third-order valence-electron chi connectivity index (χ3n) is 4.62. The zero-order valence-corrected chi connectivity index (χ0v) is 13.5. The fourth-order valence-corrected chi connectivity index (χ4v) is 2.75. The first-order valence-corrected chi connectivity index (χ1v) is 8.39. The van der Waals surface area contributed by atoms with Crippen LogP contribution in [0.3, 0.4) is 0 Å². The van der Waals surface area contributed by atoms with Crippen molar-refractivity contribution in [1.29, 1.82) is 0 Å². The number of carbonyl (C=O) groups is 3. The van der Waals surface area contributed by atoms with E-state index in [9.17, 15) is 14.4 Å². The molecule has 2 aliphatic carbocycles. The minimum absolute atomic E-state index is 0.169. The summed E-state index contributed by atoms with van der Waals surface area (Å²) >= 11 is 0. The summed E-state index contributed by atoms with van der Waals surface area (Å²) < 4.78 is 5.12. The summed E-state index contributed by atoms with van der Waals surface area (Å²) in [6.45, 7) is -0.0486. The van der Waals surface area contributed by atoms with Gasteiger partial charge in [-0.05, 0) is 31.2 Å². The second-order valence-electron chi connectivity index (χ2n) is 6.51. The van der Waals surface area contributed by atoms with Crippen LogP contribution in [0.1, 0.15) is 37.7 Å². The van der Waals surface area contributed by atoms with Gasteiger partial charge < -0.3 is 15.4 Å². The van der Waals surface area contributed by atoms with Gasteiger partial charge in [0.25, 0.3) is 0 Å². The quantitative estimate of drug-likeness (QED) is 0.583. The van der Waals surface area contributed by atoms with Crippen molar-refractivity contribution in [3.8, 4) is 0 Å². The van der Waals surface area contributed by atoms with Gasteiger partial charge in [0.2, 0.25) is 11.8 Å². The topological polar surface area (TPSA) is 84.5 Å². The monoisotopic (exact) mass is 330 g/mol. The SMILES string of the molecule is O=C(CNC(=O)C1(C(=O)NC2CC2)CCC1)OCc1ccccc1. The fourth-order valence-electron chi connectivity index (χ4n) is 2.75. The average Bonchev–Trinajstić information content (AvgIpc) is 3.34. The predicted octanol–water partition coefficient (Wildman–Crippen LogP) is 1.29. The molecule has 2 fully saturated rings. The molecule has 0 heterocycles. The number of hydrogen-bond acceptors (Lipinski definition) is 4. The van der Waals surface area contributed by atoms with Crippen LogP contribution in [0.5, 0.6) is 0 Å². The van der Waals surface area contributed by atoms with Crippen LogP contribution in [0.4, 0.5) is 0 Å². The lowest BCUT2D eigenvalue weighted by atomic mass is 9.67. The number of carbonyl (C=O) groups excluding carboxylic acids is 3. The molecular formula is C18H22N2O4. The normalized spacial score (nSPS) is 18.2. The van der Waals surface area contributed by atoms with Gasteiger partial charge in [-0.25, -0.2) is 0 Å². The van der Waals surface area contributed by atoms with Crippen molar-refractivity contribution in [2.75, 3.05) is 6.54 Å². The smallest absolute Gasteiger partial charge is 0.325 e. The average molecular weight is 330 g/mol. The molecule has 1 aromatic carbocycles. The lowest BCUT2D eigenvalue weighted by Crippen LogP contribution is -2.56. The first kappa shape index (κ1) is 16.5. The highest BCUT2D eigenvalue weighted by atomic mass is 16.5. The molecule has 0 saturated heterocycles. The van der Waals surface area contributed by atoms with Crippen LogP contribution < -0.4 is 10.6 Å². The van der Waals surface area contributed by atoms with Crippen LogP contribution in [-0.2, 0) is 25.7 Å². The molecule has 6 nitrogen and oxygen atoms in total. The van der Waals surface area contributed by atoms with Crippen molar-refractivity contribution >= 4 is 17.8 Å². The molecule has 2 amide bonds. The summed E-state index contributed by atoms with van der Waals surface area (Å²) in [7, 11) is 0. The molecule has 0 spiro atoms. The molecule has 0 radical (unpaired) electrons. The third kappa shape index (κ3) is 3.75. The van der Waals surface area contributed by atoms with Gasteiger partial charge >= 0.3 is 5.97 Å². The van der Waals surface area contributed by atoms with E-state index in [1.807, 2.05) is 30.3 Å². The van der Waals surface area contributed by atoms with Crippen LogP contribution in [0.25, 0.3) is 0 Å². The number of amides is 2. The summed E-state index contributed by atoms with van der Waals surface area (Å²) in [6, 6.07) is 9.55. The van der Waals surface area contributed by atoms with Gasteiger partial charge in [0.05, 0.1) is 0 Å². The van der Waals surface area contributed by atoms with E-state index in [0.717, 1.165) is 24.8 Å². The van der Waals surface area contributed by atoms with E-state index in [1.54, 1.807) is 0 Å². The Kier molecular flexibility index (Phi) is 4.83. The zero-order chi connectivity index (χ0) is 17.0. The maximum absolute atomic E-state index is 12.4. The number of esters is 1. The van der Waals surface area contributed by atoms with Gasteiger partial charge in [-0.2, -0.15) is 0 Å². The van der Waals surface area contributed by atoms with Crippen LogP contribution >= 0.6 is 0 Å². The van der Waals surface area contributed by atoms with Crippen molar-refractivity contribution < 1.29 is 19.1 Å². The van der Waals surface area contributed by atoms with Crippen molar-refractivity contribution in [2.45, 2.75) is 44.8 Å². The molecule has 0 aliphatic heterocycles. The van der Waals surface area contributed by atoms with Crippen LogP contribution in [0.15, 0.2) is 30.3 Å². The third-order valence-corrected chi connectivity index (χ3v) is 4.62. The Morgan fingerprint density at radius 3 is 2.38 bits per heavy atom. The highest BCUT2D eigenvalue weighted by Crippen LogP contribution is 2.42. The van der Waals surface area contributed by atoms with E-state index in [-0.39, 0.29) is 31.0 Å². The van der Waals surface area contributed by atoms with E-state index in [4.69, 9.17) is 4.74 Å². The van der Waals surface area contributed by atoms with Crippen molar-refractivity contribution in [1.82, 2.24) is 10.6 Å². The molecule has 2 aliphatic rings. The van der Waals surface area contributed by atoms with Gasteiger partial charge in [-0.15, -0.1) is 0 Å². The highest BCUT2D eigenvalue weighted by Gasteiger charge is 2.51. The molecule has 2 N–H and O–H groups in total. The summed E-state index contributed by atoms with van der Waals surface area (Å²) in [4.78, 5) is 36.5. The Hall–Kier alpha value is -2.37. The second kappa shape index (κ2) is 7.03. The highest BCUT2D eigenvalue weighted by molar-refractivity contribution is 6.06. The van der Waals surface area contributed by atoms with Crippen molar-refractivity contribution in [3.05, 3.63) is 35.9 Å². The summed E-state index contributed by atoms with van der Waals surface area (Å²) in [6.07, 6.45) is 3.89. The fraction of sp³-hybridized carbons (Fsp3) is 0.500.